The zero-order valence-corrected chi connectivity index (χ0v) is 10.8. The summed E-state index contributed by atoms with van der Waals surface area (Å²) in [5.74, 6) is 2.63. The fourth-order valence-electron chi connectivity index (χ4n) is 1.74. The van der Waals surface area contributed by atoms with E-state index < -0.39 is 0 Å². The molecule has 0 spiro atoms. The number of methoxy groups -OCH3 is 2. The van der Waals surface area contributed by atoms with Crippen molar-refractivity contribution in [1.82, 2.24) is 0 Å². The van der Waals surface area contributed by atoms with Gasteiger partial charge in [0.1, 0.15) is 23.0 Å². The highest BCUT2D eigenvalue weighted by Crippen LogP contribution is 2.31. The van der Waals surface area contributed by atoms with Crippen LogP contribution in [0.3, 0.4) is 0 Å². The van der Waals surface area contributed by atoms with Gasteiger partial charge in [0.25, 0.3) is 0 Å². The molecule has 0 atom stereocenters. The van der Waals surface area contributed by atoms with Gasteiger partial charge in [-0.15, -0.1) is 0 Å². The Hall–Kier alpha value is -1.71. The number of carbonyl (C=O) groups excluding carboxylic acids is 1. The molecule has 0 radical (unpaired) electrons. The van der Waals surface area contributed by atoms with Crippen LogP contribution in [-0.4, -0.2) is 26.6 Å². The largest absolute Gasteiger partial charge is 0.496 e. The minimum Gasteiger partial charge on any atom is -0.496 e. The zero-order chi connectivity index (χ0) is 13.0. The molecule has 1 aliphatic carbocycles. The van der Waals surface area contributed by atoms with Crippen molar-refractivity contribution in [3.63, 3.8) is 0 Å². The SMILES string of the molecule is COc1cc(OC)cc(OCCC(=O)C2CC2)c1. The summed E-state index contributed by atoms with van der Waals surface area (Å²) in [6.45, 7) is 0.408. The number of ketones is 1. The first kappa shape index (κ1) is 12.7. The molecule has 1 aromatic carbocycles. The summed E-state index contributed by atoms with van der Waals surface area (Å²) in [5, 5.41) is 0. The minimum absolute atomic E-state index is 0.299. The van der Waals surface area contributed by atoms with Crippen molar-refractivity contribution in [3.8, 4) is 17.2 Å². The summed E-state index contributed by atoms with van der Waals surface area (Å²) in [4.78, 5) is 11.5. The van der Waals surface area contributed by atoms with Crippen molar-refractivity contribution < 1.29 is 19.0 Å². The fourth-order valence-corrected chi connectivity index (χ4v) is 1.74. The first-order valence-electron chi connectivity index (χ1n) is 6.11. The van der Waals surface area contributed by atoms with Crippen LogP contribution in [0.2, 0.25) is 0 Å². The second-order valence-electron chi connectivity index (χ2n) is 4.39. The molecule has 18 heavy (non-hydrogen) atoms. The number of carbonyl (C=O) groups is 1. The maximum Gasteiger partial charge on any atom is 0.139 e. The van der Waals surface area contributed by atoms with Crippen LogP contribution in [0, 0.1) is 5.92 Å². The third-order valence-corrected chi connectivity index (χ3v) is 2.97. The third kappa shape index (κ3) is 3.39. The van der Waals surface area contributed by atoms with Gasteiger partial charge in [-0.3, -0.25) is 4.79 Å². The number of benzene rings is 1. The molecule has 0 amide bonds. The summed E-state index contributed by atoms with van der Waals surface area (Å²) in [7, 11) is 3.18. The zero-order valence-electron chi connectivity index (χ0n) is 10.8. The molecule has 0 aromatic heterocycles. The lowest BCUT2D eigenvalue weighted by Crippen LogP contribution is -2.07. The maximum absolute atomic E-state index is 11.5. The van der Waals surface area contributed by atoms with Crippen molar-refractivity contribution in [2.75, 3.05) is 20.8 Å². The molecule has 1 aromatic rings. The molecule has 4 nitrogen and oxygen atoms in total. The van der Waals surface area contributed by atoms with E-state index in [-0.39, 0.29) is 0 Å². The van der Waals surface area contributed by atoms with E-state index in [0.29, 0.717) is 42.0 Å². The quantitative estimate of drug-likeness (QED) is 0.745. The number of rotatable bonds is 7. The predicted molar refractivity (Wildman–Crippen MR) is 67.4 cm³/mol. The molecule has 1 fully saturated rings. The minimum atomic E-state index is 0.299. The van der Waals surface area contributed by atoms with Gasteiger partial charge in [-0.25, -0.2) is 0 Å². The Labute approximate surface area is 107 Å². The van der Waals surface area contributed by atoms with E-state index in [1.54, 1.807) is 32.4 Å². The first-order valence-corrected chi connectivity index (χ1v) is 6.11. The average molecular weight is 250 g/mol. The Morgan fingerprint density at radius 3 is 2.17 bits per heavy atom. The van der Waals surface area contributed by atoms with Crippen LogP contribution >= 0.6 is 0 Å². The van der Waals surface area contributed by atoms with Gasteiger partial charge in [0.15, 0.2) is 0 Å². The van der Waals surface area contributed by atoms with Crippen LogP contribution in [0.4, 0.5) is 0 Å². The highest BCUT2D eigenvalue weighted by molar-refractivity contribution is 5.83. The number of hydrogen-bond acceptors (Lipinski definition) is 4. The topological polar surface area (TPSA) is 44.8 Å². The lowest BCUT2D eigenvalue weighted by Gasteiger charge is -2.09. The average Bonchev–Trinajstić information content (AvgIpc) is 3.22. The number of Topliss-reactive ketones (excluding diaryl/α,β-unsaturated/α-hetero) is 1. The summed E-state index contributed by atoms with van der Waals surface area (Å²) in [5.41, 5.74) is 0. The van der Waals surface area contributed by atoms with Gasteiger partial charge >= 0.3 is 0 Å². The first-order chi connectivity index (χ1) is 8.72. The second-order valence-corrected chi connectivity index (χ2v) is 4.39. The van der Waals surface area contributed by atoms with Crippen LogP contribution < -0.4 is 14.2 Å². The summed E-state index contributed by atoms with van der Waals surface area (Å²) in [6.07, 6.45) is 2.57. The molecule has 2 rings (SSSR count). The molecular formula is C14H18O4. The lowest BCUT2D eigenvalue weighted by atomic mass is 10.2. The van der Waals surface area contributed by atoms with Gasteiger partial charge in [-0.05, 0) is 12.8 Å². The van der Waals surface area contributed by atoms with E-state index in [0.717, 1.165) is 12.8 Å². The Morgan fingerprint density at radius 2 is 1.67 bits per heavy atom. The van der Waals surface area contributed by atoms with E-state index >= 15 is 0 Å². The van der Waals surface area contributed by atoms with Gasteiger partial charge in [0.05, 0.1) is 20.8 Å². The lowest BCUT2D eigenvalue weighted by molar-refractivity contribution is -0.120. The Kier molecular flexibility index (Phi) is 4.07. The van der Waals surface area contributed by atoms with E-state index in [4.69, 9.17) is 14.2 Å². The molecule has 0 unspecified atom stereocenters. The van der Waals surface area contributed by atoms with Crippen molar-refractivity contribution in [3.05, 3.63) is 18.2 Å². The number of ether oxygens (including phenoxy) is 3. The summed E-state index contributed by atoms with van der Waals surface area (Å²) in [6, 6.07) is 5.34. The molecule has 1 aliphatic rings. The van der Waals surface area contributed by atoms with E-state index in [2.05, 4.69) is 0 Å². The Morgan fingerprint density at radius 1 is 1.11 bits per heavy atom. The predicted octanol–water partition coefficient (Wildman–Crippen LogP) is 2.45. The highest BCUT2D eigenvalue weighted by Gasteiger charge is 2.28. The monoisotopic (exact) mass is 250 g/mol. The van der Waals surface area contributed by atoms with Gasteiger partial charge < -0.3 is 14.2 Å². The summed E-state index contributed by atoms with van der Waals surface area (Å²) < 4.78 is 15.9. The van der Waals surface area contributed by atoms with E-state index in [1.165, 1.54) is 0 Å². The van der Waals surface area contributed by atoms with Crippen LogP contribution in [0.15, 0.2) is 18.2 Å². The molecule has 0 heterocycles. The normalized spacial score (nSPS) is 14.1. The van der Waals surface area contributed by atoms with Crippen molar-refractivity contribution in [2.45, 2.75) is 19.3 Å². The molecule has 0 bridgehead atoms. The molecule has 1 saturated carbocycles. The highest BCUT2D eigenvalue weighted by atomic mass is 16.5. The molecule has 4 heteroatoms. The van der Waals surface area contributed by atoms with Gasteiger partial charge in [0.2, 0.25) is 0 Å². The van der Waals surface area contributed by atoms with E-state index in [9.17, 15) is 4.79 Å². The smallest absolute Gasteiger partial charge is 0.139 e. The van der Waals surface area contributed by atoms with Gasteiger partial charge in [-0.1, -0.05) is 0 Å². The Balaban J connectivity index is 1.89. The number of hydrogen-bond donors (Lipinski definition) is 0. The van der Waals surface area contributed by atoms with Gasteiger partial charge in [-0.2, -0.15) is 0 Å². The molecule has 0 N–H and O–H groups in total. The third-order valence-electron chi connectivity index (χ3n) is 2.97. The van der Waals surface area contributed by atoms with Crippen LogP contribution in [0.1, 0.15) is 19.3 Å². The second kappa shape index (κ2) is 5.76. The van der Waals surface area contributed by atoms with Crippen molar-refractivity contribution >= 4 is 5.78 Å². The molecule has 0 saturated heterocycles. The molecule has 0 aliphatic heterocycles. The van der Waals surface area contributed by atoms with Crippen LogP contribution in [-0.2, 0) is 4.79 Å². The molecular weight excluding hydrogens is 232 g/mol. The Bertz CT molecular complexity index is 402. The van der Waals surface area contributed by atoms with Gasteiger partial charge in [0, 0.05) is 30.5 Å². The summed E-state index contributed by atoms with van der Waals surface area (Å²) >= 11 is 0. The van der Waals surface area contributed by atoms with Crippen molar-refractivity contribution in [1.29, 1.82) is 0 Å². The van der Waals surface area contributed by atoms with Crippen molar-refractivity contribution in [2.24, 2.45) is 5.92 Å². The van der Waals surface area contributed by atoms with E-state index in [1.807, 2.05) is 0 Å². The molecule has 98 valence electrons. The standard InChI is InChI=1S/C14H18O4/c1-16-11-7-12(17-2)9-13(8-11)18-6-5-14(15)10-3-4-10/h7-10H,3-6H2,1-2H3. The van der Waals surface area contributed by atoms with Crippen LogP contribution in [0.5, 0.6) is 17.2 Å². The van der Waals surface area contributed by atoms with Crippen LogP contribution in [0.25, 0.3) is 0 Å². The maximum atomic E-state index is 11.5. The fraction of sp³-hybridized carbons (Fsp3) is 0.500.